The third-order valence-corrected chi connectivity index (χ3v) is 1.97. The van der Waals surface area contributed by atoms with E-state index in [0.29, 0.717) is 0 Å². The van der Waals surface area contributed by atoms with Crippen LogP contribution in [0.5, 0.6) is 0 Å². The molecule has 0 heterocycles. The number of hydrogen-bond acceptors (Lipinski definition) is 0. The third kappa shape index (κ3) is 3.11. The van der Waals surface area contributed by atoms with E-state index in [9.17, 15) is 0 Å². The van der Waals surface area contributed by atoms with E-state index in [0.717, 1.165) is 6.42 Å². The van der Waals surface area contributed by atoms with Crippen molar-refractivity contribution in [3.8, 4) is 0 Å². The summed E-state index contributed by atoms with van der Waals surface area (Å²) in [6.07, 6.45) is 20.2. The van der Waals surface area contributed by atoms with E-state index in [1.54, 1.807) is 0 Å². The molecule has 1 heteroatoms. The van der Waals surface area contributed by atoms with Gasteiger partial charge in [-0.2, -0.15) is 30.7 Å². The van der Waals surface area contributed by atoms with Gasteiger partial charge in [-0.05, 0) is 12.0 Å². The van der Waals surface area contributed by atoms with E-state index in [1.807, 2.05) is 6.42 Å². The Balaban J connectivity index is 0.000000845. The second-order valence-electron chi connectivity index (χ2n) is 2.86. The molecule has 0 spiro atoms. The Labute approximate surface area is 122 Å². The SMILES string of the molecule is C1=CC(=C2C=CCC=C2)C=C[CH-]1.[K+]. The molecule has 0 bridgehead atoms. The largest absolute Gasteiger partial charge is 1.00 e. The predicted octanol–water partition coefficient (Wildman–Crippen LogP) is 0.133. The van der Waals surface area contributed by atoms with Gasteiger partial charge in [0, 0.05) is 0 Å². The molecule has 0 saturated heterocycles. The van der Waals surface area contributed by atoms with Gasteiger partial charge in [-0.1, -0.05) is 24.3 Å². The first kappa shape index (κ1) is 11.3. The van der Waals surface area contributed by atoms with E-state index in [4.69, 9.17) is 0 Å². The molecule has 0 aromatic rings. The summed E-state index contributed by atoms with van der Waals surface area (Å²) in [5, 5.41) is 0. The molecule has 0 aromatic carbocycles. The van der Waals surface area contributed by atoms with Crippen molar-refractivity contribution < 1.29 is 51.4 Å². The predicted molar refractivity (Wildman–Crippen MR) is 52.5 cm³/mol. The van der Waals surface area contributed by atoms with Gasteiger partial charge >= 0.3 is 51.4 Å². The molecule has 13 heavy (non-hydrogen) atoms. The minimum absolute atomic E-state index is 0. The summed E-state index contributed by atoms with van der Waals surface area (Å²) in [7, 11) is 0. The Hall–Kier alpha value is 0.206. The second kappa shape index (κ2) is 5.84. The summed E-state index contributed by atoms with van der Waals surface area (Å²) in [5.74, 6) is 0. The molecular weight excluding hydrogens is 183 g/mol. The monoisotopic (exact) mass is 194 g/mol. The topological polar surface area (TPSA) is 0 Å². The van der Waals surface area contributed by atoms with E-state index in [1.165, 1.54) is 11.1 Å². The van der Waals surface area contributed by atoms with Crippen molar-refractivity contribution in [3.05, 3.63) is 66.2 Å². The average Bonchev–Trinajstić information content (AvgIpc) is 2.21. The van der Waals surface area contributed by atoms with Gasteiger partial charge in [0.05, 0.1) is 0 Å². The molecule has 0 aromatic heterocycles. The standard InChI is InChI=1S/C12H11.K/c1-3-7-11(8-4-1)12-9-5-2-6-10-12;/h1,3-10H,2H2;/q-1;+1. The van der Waals surface area contributed by atoms with Crippen LogP contribution in [0.15, 0.2) is 59.8 Å². The van der Waals surface area contributed by atoms with Crippen molar-refractivity contribution in [1.29, 1.82) is 0 Å². The van der Waals surface area contributed by atoms with Crippen LogP contribution < -0.4 is 51.4 Å². The molecule has 2 rings (SSSR count). The molecule has 60 valence electrons. The Bertz CT molecular complexity index is 254. The Morgan fingerprint density at radius 3 is 2.00 bits per heavy atom. The maximum Gasteiger partial charge on any atom is 1.00 e. The molecule has 0 atom stereocenters. The van der Waals surface area contributed by atoms with Gasteiger partial charge in [-0.25, -0.2) is 0 Å². The van der Waals surface area contributed by atoms with Gasteiger partial charge in [0.2, 0.25) is 0 Å². The van der Waals surface area contributed by atoms with Gasteiger partial charge in [0.1, 0.15) is 0 Å². The molecule has 0 radical (unpaired) electrons. The fraction of sp³-hybridized carbons (Fsp3) is 0.0833. The van der Waals surface area contributed by atoms with E-state index < -0.39 is 0 Å². The van der Waals surface area contributed by atoms with Gasteiger partial charge < -0.3 is 0 Å². The van der Waals surface area contributed by atoms with E-state index in [-0.39, 0.29) is 51.4 Å². The fourth-order valence-corrected chi connectivity index (χ4v) is 1.35. The van der Waals surface area contributed by atoms with Crippen molar-refractivity contribution in [1.82, 2.24) is 0 Å². The van der Waals surface area contributed by atoms with Crippen molar-refractivity contribution in [2.45, 2.75) is 6.42 Å². The molecule has 0 amide bonds. The van der Waals surface area contributed by atoms with Crippen LogP contribution in [-0.4, -0.2) is 0 Å². The van der Waals surface area contributed by atoms with Crippen LogP contribution in [-0.2, 0) is 0 Å². The molecule has 0 nitrogen and oxygen atoms in total. The van der Waals surface area contributed by atoms with Crippen LogP contribution in [0, 0.1) is 6.42 Å². The van der Waals surface area contributed by atoms with Crippen LogP contribution >= 0.6 is 0 Å². The molecule has 2 aliphatic carbocycles. The molecule has 0 aliphatic heterocycles. The van der Waals surface area contributed by atoms with E-state index >= 15 is 0 Å². The molecular formula is C12H11K. The van der Waals surface area contributed by atoms with Gasteiger partial charge in [0.25, 0.3) is 0 Å². The minimum atomic E-state index is 0. The normalized spacial score (nSPS) is 18.5. The van der Waals surface area contributed by atoms with Crippen LogP contribution in [0.2, 0.25) is 0 Å². The Kier molecular flexibility index (Phi) is 5.07. The van der Waals surface area contributed by atoms with Crippen LogP contribution in [0.25, 0.3) is 0 Å². The van der Waals surface area contributed by atoms with Crippen LogP contribution in [0.1, 0.15) is 6.42 Å². The first-order valence-corrected chi connectivity index (χ1v) is 4.22. The first-order valence-electron chi connectivity index (χ1n) is 4.22. The Morgan fingerprint density at radius 1 is 0.846 bits per heavy atom. The zero-order valence-electron chi connectivity index (χ0n) is 7.90. The van der Waals surface area contributed by atoms with Crippen molar-refractivity contribution in [2.24, 2.45) is 0 Å². The summed E-state index contributed by atoms with van der Waals surface area (Å²) in [6, 6.07) is 0. The second-order valence-corrected chi connectivity index (χ2v) is 2.86. The van der Waals surface area contributed by atoms with Gasteiger partial charge in [0.15, 0.2) is 0 Å². The van der Waals surface area contributed by atoms with Crippen molar-refractivity contribution in [3.63, 3.8) is 0 Å². The summed E-state index contributed by atoms with van der Waals surface area (Å²) in [4.78, 5) is 0. The number of allylic oxidation sites excluding steroid dienone is 10. The third-order valence-electron chi connectivity index (χ3n) is 1.97. The molecule has 0 saturated carbocycles. The summed E-state index contributed by atoms with van der Waals surface area (Å²) < 4.78 is 0. The maximum absolute atomic E-state index is 2.18. The number of rotatable bonds is 0. The van der Waals surface area contributed by atoms with Crippen molar-refractivity contribution in [2.75, 3.05) is 0 Å². The fourth-order valence-electron chi connectivity index (χ4n) is 1.35. The first-order chi connectivity index (χ1) is 5.97. The van der Waals surface area contributed by atoms with Crippen molar-refractivity contribution >= 4 is 0 Å². The van der Waals surface area contributed by atoms with Gasteiger partial charge in [-0.3, -0.25) is 0 Å². The van der Waals surface area contributed by atoms with Crippen LogP contribution in [0.3, 0.4) is 0 Å². The molecule has 0 fully saturated rings. The minimum Gasteiger partial charge on any atom is -0.172 e. The molecule has 2 aliphatic rings. The maximum atomic E-state index is 2.18. The molecule has 0 unspecified atom stereocenters. The average molecular weight is 194 g/mol. The Morgan fingerprint density at radius 2 is 1.38 bits per heavy atom. The van der Waals surface area contributed by atoms with Crippen LogP contribution in [0.4, 0.5) is 0 Å². The zero-order chi connectivity index (χ0) is 8.23. The van der Waals surface area contributed by atoms with E-state index in [2.05, 4.69) is 48.6 Å². The summed E-state index contributed by atoms with van der Waals surface area (Å²) >= 11 is 0. The quantitative estimate of drug-likeness (QED) is 0.380. The summed E-state index contributed by atoms with van der Waals surface area (Å²) in [6.45, 7) is 0. The van der Waals surface area contributed by atoms with Gasteiger partial charge in [-0.15, -0.1) is 5.57 Å². The zero-order valence-corrected chi connectivity index (χ0v) is 11.0. The number of hydrogen-bond donors (Lipinski definition) is 0. The summed E-state index contributed by atoms with van der Waals surface area (Å²) in [5.41, 5.74) is 2.60. The molecule has 0 N–H and O–H groups in total. The smallest absolute Gasteiger partial charge is 0.172 e.